The Morgan fingerprint density at radius 1 is 1.26 bits per heavy atom. The molecule has 1 N–H and O–H groups in total. The molecule has 1 aromatic rings. The van der Waals surface area contributed by atoms with Gasteiger partial charge in [0, 0.05) is 26.2 Å². The number of alkyl halides is 1. The first-order valence-corrected chi connectivity index (χ1v) is 5.99. The quantitative estimate of drug-likeness (QED) is 0.923. The Labute approximate surface area is 125 Å². The van der Waals surface area contributed by atoms with Crippen molar-refractivity contribution >= 4 is 24.8 Å². The third kappa shape index (κ3) is 4.56. The van der Waals surface area contributed by atoms with Crippen LogP contribution in [0.2, 0.25) is 0 Å². The van der Waals surface area contributed by atoms with E-state index in [4.69, 9.17) is 0 Å². The SMILES string of the molecule is Cc1ccc(F)cc1[C@H](CF)N1CCNCC1.Cl.Cl. The fraction of sp³-hybridized carbons (Fsp3) is 0.538. The van der Waals surface area contributed by atoms with Gasteiger partial charge in [-0.15, -0.1) is 24.8 Å². The minimum absolute atomic E-state index is 0. The van der Waals surface area contributed by atoms with Gasteiger partial charge in [0.25, 0.3) is 0 Å². The zero-order chi connectivity index (χ0) is 12.3. The maximum absolute atomic E-state index is 13.3. The van der Waals surface area contributed by atoms with Gasteiger partial charge >= 0.3 is 0 Å². The molecule has 1 heterocycles. The highest BCUT2D eigenvalue weighted by molar-refractivity contribution is 5.85. The van der Waals surface area contributed by atoms with E-state index in [1.807, 2.05) is 6.92 Å². The van der Waals surface area contributed by atoms with Crippen molar-refractivity contribution in [3.63, 3.8) is 0 Å². The van der Waals surface area contributed by atoms with Crippen molar-refractivity contribution in [2.24, 2.45) is 0 Å². The molecule has 19 heavy (non-hydrogen) atoms. The van der Waals surface area contributed by atoms with E-state index in [1.54, 1.807) is 6.07 Å². The van der Waals surface area contributed by atoms with Crippen LogP contribution in [-0.4, -0.2) is 37.8 Å². The normalized spacial score (nSPS) is 17.2. The maximum atomic E-state index is 13.3. The average Bonchev–Trinajstić information content (AvgIpc) is 2.36. The molecule has 0 saturated carbocycles. The molecular weight excluding hydrogens is 293 g/mol. The molecule has 0 bridgehead atoms. The van der Waals surface area contributed by atoms with Crippen molar-refractivity contribution in [2.45, 2.75) is 13.0 Å². The van der Waals surface area contributed by atoms with E-state index in [-0.39, 0.29) is 36.7 Å². The van der Waals surface area contributed by atoms with Gasteiger partial charge in [-0.1, -0.05) is 6.07 Å². The molecule has 2 nitrogen and oxygen atoms in total. The molecule has 1 aliphatic heterocycles. The number of nitrogens with one attached hydrogen (secondary N) is 1. The van der Waals surface area contributed by atoms with Gasteiger partial charge in [0.2, 0.25) is 0 Å². The van der Waals surface area contributed by atoms with E-state index in [9.17, 15) is 8.78 Å². The second kappa shape index (κ2) is 8.69. The molecule has 6 heteroatoms. The highest BCUT2D eigenvalue weighted by atomic mass is 35.5. The highest BCUT2D eigenvalue weighted by Crippen LogP contribution is 2.25. The van der Waals surface area contributed by atoms with Crippen LogP contribution in [-0.2, 0) is 0 Å². The molecule has 1 aliphatic rings. The first-order chi connectivity index (χ1) is 8.22. The van der Waals surface area contributed by atoms with Crippen molar-refractivity contribution < 1.29 is 8.78 Å². The second-order valence-corrected chi connectivity index (χ2v) is 4.46. The Kier molecular flexibility index (Phi) is 8.50. The van der Waals surface area contributed by atoms with Gasteiger partial charge in [-0.3, -0.25) is 4.90 Å². The third-order valence-electron chi connectivity index (χ3n) is 3.34. The van der Waals surface area contributed by atoms with E-state index < -0.39 is 6.67 Å². The van der Waals surface area contributed by atoms with Crippen molar-refractivity contribution in [2.75, 3.05) is 32.9 Å². The molecule has 0 amide bonds. The predicted molar refractivity (Wildman–Crippen MR) is 78.8 cm³/mol. The molecule has 2 rings (SSSR count). The Bertz CT molecular complexity index is 385. The molecule has 1 saturated heterocycles. The monoisotopic (exact) mass is 312 g/mol. The second-order valence-electron chi connectivity index (χ2n) is 4.46. The van der Waals surface area contributed by atoms with Gasteiger partial charge in [0.1, 0.15) is 12.5 Å². The van der Waals surface area contributed by atoms with Crippen LogP contribution in [0, 0.1) is 12.7 Å². The number of benzene rings is 1. The number of rotatable bonds is 3. The first kappa shape index (κ1) is 18.6. The molecule has 0 spiro atoms. The zero-order valence-corrected chi connectivity index (χ0v) is 12.5. The van der Waals surface area contributed by atoms with Crippen LogP contribution in [0.1, 0.15) is 17.2 Å². The first-order valence-electron chi connectivity index (χ1n) is 5.99. The Morgan fingerprint density at radius 3 is 2.47 bits per heavy atom. The fourth-order valence-corrected chi connectivity index (χ4v) is 2.34. The lowest BCUT2D eigenvalue weighted by Gasteiger charge is -2.34. The summed E-state index contributed by atoms with van der Waals surface area (Å²) in [5, 5.41) is 3.23. The van der Waals surface area contributed by atoms with E-state index in [2.05, 4.69) is 10.2 Å². The van der Waals surface area contributed by atoms with Crippen molar-refractivity contribution in [3.8, 4) is 0 Å². The van der Waals surface area contributed by atoms with Crippen LogP contribution >= 0.6 is 24.8 Å². The molecule has 0 aromatic heterocycles. The number of aryl methyl sites for hydroxylation is 1. The topological polar surface area (TPSA) is 15.3 Å². The third-order valence-corrected chi connectivity index (χ3v) is 3.34. The van der Waals surface area contributed by atoms with Gasteiger partial charge in [-0.05, 0) is 30.2 Å². The zero-order valence-electron chi connectivity index (χ0n) is 10.9. The summed E-state index contributed by atoms with van der Waals surface area (Å²) in [7, 11) is 0. The molecule has 0 radical (unpaired) electrons. The molecule has 0 unspecified atom stereocenters. The summed E-state index contributed by atoms with van der Waals surface area (Å²) >= 11 is 0. The average molecular weight is 313 g/mol. The largest absolute Gasteiger partial charge is 0.314 e. The Hall–Kier alpha value is -0.420. The number of hydrogen-bond donors (Lipinski definition) is 1. The van der Waals surface area contributed by atoms with Crippen LogP contribution in [0.5, 0.6) is 0 Å². The van der Waals surface area contributed by atoms with Crippen molar-refractivity contribution in [1.82, 2.24) is 10.2 Å². The fourth-order valence-electron chi connectivity index (χ4n) is 2.34. The lowest BCUT2D eigenvalue weighted by molar-refractivity contribution is 0.147. The summed E-state index contributed by atoms with van der Waals surface area (Å²) < 4.78 is 26.5. The maximum Gasteiger partial charge on any atom is 0.123 e. The molecule has 1 fully saturated rings. The smallest absolute Gasteiger partial charge is 0.123 e. The molecule has 1 aromatic carbocycles. The van der Waals surface area contributed by atoms with Crippen LogP contribution in [0.3, 0.4) is 0 Å². The molecule has 1 atom stereocenters. The standard InChI is InChI=1S/C13H18F2N2.2ClH/c1-10-2-3-11(15)8-12(10)13(9-14)17-6-4-16-5-7-17;;/h2-3,8,13,16H,4-7,9H2,1H3;2*1H/t13-;;/m0../s1. The summed E-state index contributed by atoms with van der Waals surface area (Å²) in [6.45, 7) is 4.79. The van der Waals surface area contributed by atoms with Crippen LogP contribution < -0.4 is 5.32 Å². The van der Waals surface area contributed by atoms with Gasteiger partial charge in [-0.2, -0.15) is 0 Å². The van der Waals surface area contributed by atoms with Gasteiger partial charge in [0.15, 0.2) is 0 Å². The molecule has 0 aliphatic carbocycles. The van der Waals surface area contributed by atoms with E-state index in [1.165, 1.54) is 12.1 Å². The van der Waals surface area contributed by atoms with E-state index >= 15 is 0 Å². The minimum atomic E-state index is -0.468. The van der Waals surface area contributed by atoms with Crippen LogP contribution in [0.4, 0.5) is 8.78 Å². The van der Waals surface area contributed by atoms with Crippen LogP contribution in [0.25, 0.3) is 0 Å². The number of piperazine rings is 1. The summed E-state index contributed by atoms with van der Waals surface area (Å²) in [5.41, 5.74) is 1.72. The van der Waals surface area contributed by atoms with Gasteiger partial charge in [-0.25, -0.2) is 8.78 Å². The number of hydrogen-bond acceptors (Lipinski definition) is 2. The minimum Gasteiger partial charge on any atom is -0.314 e. The predicted octanol–water partition coefficient (Wildman–Crippen LogP) is 2.89. The summed E-state index contributed by atoms with van der Waals surface area (Å²) in [5.74, 6) is -0.292. The van der Waals surface area contributed by atoms with E-state index in [0.29, 0.717) is 0 Å². The lowest BCUT2D eigenvalue weighted by Crippen LogP contribution is -2.45. The van der Waals surface area contributed by atoms with Gasteiger partial charge < -0.3 is 5.32 Å². The Balaban J connectivity index is 0.00000162. The van der Waals surface area contributed by atoms with Gasteiger partial charge in [0.05, 0.1) is 6.04 Å². The highest BCUT2D eigenvalue weighted by Gasteiger charge is 2.23. The Morgan fingerprint density at radius 2 is 1.89 bits per heavy atom. The lowest BCUT2D eigenvalue weighted by atomic mass is 10.00. The number of nitrogens with zero attached hydrogens (tertiary/aromatic N) is 1. The van der Waals surface area contributed by atoms with Crippen molar-refractivity contribution in [1.29, 1.82) is 0 Å². The number of halogens is 4. The summed E-state index contributed by atoms with van der Waals surface area (Å²) in [6, 6.07) is 4.29. The van der Waals surface area contributed by atoms with Crippen molar-refractivity contribution in [3.05, 3.63) is 35.1 Å². The van der Waals surface area contributed by atoms with E-state index in [0.717, 1.165) is 37.3 Å². The molecule has 110 valence electrons. The summed E-state index contributed by atoms with van der Waals surface area (Å²) in [6.07, 6.45) is 0. The van der Waals surface area contributed by atoms with Crippen LogP contribution in [0.15, 0.2) is 18.2 Å². The molecular formula is C13H20Cl2F2N2. The summed E-state index contributed by atoms with van der Waals surface area (Å²) in [4.78, 5) is 2.08.